The monoisotopic (exact) mass is 292 g/mol. The molecule has 0 bridgehead atoms. The summed E-state index contributed by atoms with van der Waals surface area (Å²) in [7, 11) is 0. The van der Waals surface area contributed by atoms with Gasteiger partial charge in [0.2, 0.25) is 0 Å². The van der Waals surface area contributed by atoms with E-state index in [4.69, 9.17) is 20.4 Å². The Bertz CT molecular complexity index is 147. The van der Waals surface area contributed by atoms with Crippen LogP contribution in [0.3, 0.4) is 0 Å². The van der Waals surface area contributed by atoms with E-state index in [2.05, 4.69) is 0 Å². The summed E-state index contributed by atoms with van der Waals surface area (Å²) in [4.78, 5) is 0. The molecule has 0 amide bonds. The Morgan fingerprint density at radius 2 is 0.950 bits per heavy atom. The lowest BCUT2D eigenvalue weighted by atomic mass is 10.1. The Balaban J connectivity index is 0. The molecule has 2 atom stereocenters. The molecule has 4 nitrogen and oxygen atoms in total. The third-order valence-electron chi connectivity index (χ3n) is 3.33. The van der Waals surface area contributed by atoms with E-state index in [1.807, 2.05) is 13.8 Å². The summed E-state index contributed by atoms with van der Waals surface area (Å²) in [5, 5.41) is 35.0. The molecule has 0 fully saturated rings. The van der Waals surface area contributed by atoms with Crippen molar-refractivity contribution in [2.75, 3.05) is 13.2 Å². The largest absolute Gasteiger partial charge is 0.396 e. The molecule has 20 heavy (non-hydrogen) atoms. The van der Waals surface area contributed by atoms with Crippen LogP contribution in [0.15, 0.2) is 0 Å². The van der Waals surface area contributed by atoms with Crippen LogP contribution in [0.25, 0.3) is 0 Å². The molecule has 0 heterocycles. The van der Waals surface area contributed by atoms with E-state index in [-0.39, 0.29) is 25.4 Å². The molecule has 0 spiro atoms. The van der Waals surface area contributed by atoms with Gasteiger partial charge in [0.15, 0.2) is 0 Å². The van der Waals surface area contributed by atoms with E-state index >= 15 is 0 Å². The first kappa shape index (κ1) is 22.1. The number of aliphatic hydroxyl groups excluding tert-OH is 4. The molecule has 0 rings (SSSR count). The number of hydrogen-bond donors (Lipinski definition) is 4. The molecule has 4 N–H and O–H groups in total. The van der Waals surface area contributed by atoms with Gasteiger partial charge in [0, 0.05) is 13.2 Å². The van der Waals surface area contributed by atoms with Gasteiger partial charge in [-0.25, -0.2) is 0 Å². The fourth-order valence-corrected chi connectivity index (χ4v) is 1.75. The normalized spacial score (nSPS) is 13.5. The van der Waals surface area contributed by atoms with Gasteiger partial charge in [0.1, 0.15) is 0 Å². The average molecular weight is 292 g/mol. The van der Waals surface area contributed by atoms with E-state index in [0.29, 0.717) is 0 Å². The lowest BCUT2D eigenvalue weighted by molar-refractivity contribution is 0.155. The summed E-state index contributed by atoms with van der Waals surface area (Å²) in [6.07, 6.45) is 9.10. The van der Waals surface area contributed by atoms with E-state index in [9.17, 15) is 0 Å². The second-order valence-corrected chi connectivity index (χ2v) is 5.27. The van der Waals surface area contributed by atoms with Gasteiger partial charge < -0.3 is 20.4 Å². The molecule has 124 valence electrons. The summed E-state index contributed by atoms with van der Waals surface area (Å²) in [5.74, 6) is 0. The van der Waals surface area contributed by atoms with Crippen molar-refractivity contribution in [2.45, 2.75) is 90.3 Å². The quantitative estimate of drug-likeness (QED) is 0.417. The molecule has 0 aromatic rings. The third-order valence-corrected chi connectivity index (χ3v) is 3.33. The van der Waals surface area contributed by atoms with E-state index in [0.717, 1.165) is 64.2 Å². The Morgan fingerprint density at radius 1 is 0.600 bits per heavy atom. The van der Waals surface area contributed by atoms with E-state index in [1.165, 1.54) is 0 Å². The molecular weight excluding hydrogens is 256 g/mol. The van der Waals surface area contributed by atoms with Crippen molar-refractivity contribution in [1.29, 1.82) is 0 Å². The van der Waals surface area contributed by atoms with Gasteiger partial charge >= 0.3 is 0 Å². The minimum atomic E-state index is -0.126. The standard InChI is InChI=1S/2C8H18O2/c2*1-2-8(10)6-4-3-5-7-9/h2*8-10H,2-7H2,1H3. The van der Waals surface area contributed by atoms with Crippen LogP contribution in [0.1, 0.15) is 78.1 Å². The van der Waals surface area contributed by atoms with Gasteiger partial charge in [-0.2, -0.15) is 0 Å². The van der Waals surface area contributed by atoms with Crippen molar-refractivity contribution in [1.82, 2.24) is 0 Å². The zero-order valence-electron chi connectivity index (χ0n) is 13.4. The molecule has 0 radical (unpaired) electrons. The highest BCUT2D eigenvalue weighted by atomic mass is 16.3. The maximum atomic E-state index is 9.09. The Labute approximate surface area is 124 Å². The first-order valence-electron chi connectivity index (χ1n) is 8.20. The molecule has 0 aliphatic carbocycles. The van der Waals surface area contributed by atoms with Crippen molar-refractivity contribution < 1.29 is 20.4 Å². The van der Waals surface area contributed by atoms with Crippen LogP contribution in [0.2, 0.25) is 0 Å². The van der Waals surface area contributed by atoms with Crippen molar-refractivity contribution >= 4 is 0 Å². The van der Waals surface area contributed by atoms with Crippen molar-refractivity contribution in [2.24, 2.45) is 0 Å². The Kier molecular flexibility index (Phi) is 20.8. The predicted octanol–water partition coefficient (Wildman–Crippen LogP) is 2.62. The maximum absolute atomic E-state index is 9.09. The molecule has 0 aromatic heterocycles. The molecule has 2 unspecified atom stereocenters. The maximum Gasteiger partial charge on any atom is 0.0537 e. The van der Waals surface area contributed by atoms with Crippen molar-refractivity contribution in [3.05, 3.63) is 0 Å². The SMILES string of the molecule is CCC(O)CCCCCO.CCC(O)CCCCCO. The fraction of sp³-hybridized carbons (Fsp3) is 1.00. The van der Waals surface area contributed by atoms with Gasteiger partial charge in [-0.1, -0.05) is 39.5 Å². The summed E-state index contributed by atoms with van der Waals surface area (Å²) in [6, 6.07) is 0. The molecule has 0 saturated heterocycles. The van der Waals surface area contributed by atoms with E-state index < -0.39 is 0 Å². The van der Waals surface area contributed by atoms with Crippen LogP contribution in [-0.2, 0) is 0 Å². The minimum Gasteiger partial charge on any atom is -0.396 e. The number of rotatable bonds is 12. The summed E-state index contributed by atoms with van der Waals surface area (Å²) < 4.78 is 0. The molecule has 0 aliphatic rings. The zero-order valence-corrected chi connectivity index (χ0v) is 13.4. The van der Waals surface area contributed by atoms with Crippen molar-refractivity contribution in [3.63, 3.8) is 0 Å². The van der Waals surface area contributed by atoms with Crippen LogP contribution in [0, 0.1) is 0 Å². The van der Waals surface area contributed by atoms with Crippen LogP contribution in [0.4, 0.5) is 0 Å². The van der Waals surface area contributed by atoms with Gasteiger partial charge in [-0.05, 0) is 38.5 Å². The van der Waals surface area contributed by atoms with Gasteiger partial charge in [-0.3, -0.25) is 0 Å². The first-order chi connectivity index (χ1) is 9.62. The summed E-state index contributed by atoms with van der Waals surface area (Å²) >= 11 is 0. The van der Waals surface area contributed by atoms with Crippen LogP contribution < -0.4 is 0 Å². The second kappa shape index (κ2) is 18.8. The summed E-state index contributed by atoms with van der Waals surface area (Å²) in [6.45, 7) is 4.53. The van der Waals surface area contributed by atoms with Crippen molar-refractivity contribution in [3.8, 4) is 0 Å². The molecular formula is C16H36O4. The molecule has 0 saturated carbocycles. The number of hydrogen-bond acceptors (Lipinski definition) is 4. The summed E-state index contributed by atoms with van der Waals surface area (Å²) in [5.41, 5.74) is 0. The predicted molar refractivity (Wildman–Crippen MR) is 83.7 cm³/mol. The average Bonchev–Trinajstić information content (AvgIpc) is 2.48. The van der Waals surface area contributed by atoms with E-state index in [1.54, 1.807) is 0 Å². The lowest BCUT2D eigenvalue weighted by Crippen LogP contribution is -2.03. The second-order valence-electron chi connectivity index (χ2n) is 5.27. The van der Waals surface area contributed by atoms with Gasteiger partial charge in [0.05, 0.1) is 12.2 Å². The Hall–Kier alpha value is -0.160. The molecule has 0 aromatic carbocycles. The smallest absolute Gasteiger partial charge is 0.0537 e. The molecule has 4 heteroatoms. The highest BCUT2D eigenvalue weighted by molar-refractivity contribution is 4.52. The first-order valence-corrected chi connectivity index (χ1v) is 8.20. The fourth-order valence-electron chi connectivity index (χ4n) is 1.75. The zero-order chi connectivity index (χ0) is 15.6. The van der Waals surface area contributed by atoms with Crippen LogP contribution in [0.5, 0.6) is 0 Å². The van der Waals surface area contributed by atoms with Gasteiger partial charge in [0.25, 0.3) is 0 Å². The lowest BCUT2D eigenvalue weighted by Gasteiger charge is -2.05. The topological polar surface area (TPSA) is 80.9 Å². The minimum absolute atomic E-state index is 0.126. The highest BCUT2D eigenvalue weighted by Crippen LogP contribution is 2.05. The third kappa shape index (κ3) is 20.2. The van der Waals surface area contributed by atoms with Crippen LogP contribution in [-0.4, -0.2) is 45.8 Å². The Morgan fingerprint density at radius 3 is 1.20 bits per heavy atom. The van der Waals surface area contributed by atoms with Gasteiger partial charge in [-0.15, -0.1) is 0 Å². The number of aliphatic hydroxyl groups is 4. The molecule has 0 aliphatic heterocycles. The number of unbranched alkanes of at least 4 members (excludes halogenated alkanes) is 4. The highest BCUT2D eigenvalue weighted by Gasteiger charge is 1.99. The van der Waals surface area contributed by atoms with Crippen LogP contribution >= 0.6 is 0 Å².